The third-order valence-corrected chi connectivity index (χ3v) is 4.23. The maximum absolute atomic E-state index is 6.12. The first-order valence-corrected chi connectivity index (χ1v) is 8.06. The molecule has 2 rings (SSSR count). The van der Waals surface area contributed by atoms with Crippen LogP contribution in [0.5, 0.6) is 11.5 Å². The summed E-state index contributed by atoms with van der Waals surface area (Å²) in [5.74, 6) is 2.18. The lowest BCUT2D eigenvalue weighted by atomic mass is 9.92. The number of rotatable bonds is 8. The summed E-state index contributed by atoms with van der Waals surface area (Å²) in [5.41, 5.74) is -0.0113. The molecule has 0 aromatic heterocycles. The van der Waals surface area contributed by atoms with E-state index >= 15 is 0 Å². The van der Waals surface area contributed by atoms with Crippen LogP contribution in [0.1, 0.15) is 19.8 Å². The highest BCUT2D eigenvalue weighted by molar-refractivity contribution is 6.18. The minimum atomic E-state index is -0.0113. The summed E-state index contributed by atoms with van der Waals surface area (Å²) in [5, 5.41) is 3.53. The van der Waals surface area contributed by atoms with E-state index in [0.717, 1.165) is 44.1 Å². The van der Waals surface area contributed by atoms with Gasteiger partial charge in [-0.15, -0.1) is 11.6 Å². The van der Waals surface area contributed by atoms with Crippen molar-refractivity contribution in [2.45, 2.75) is 25.3 Å². The van der Waals surface area contributed by atoms with Crippen LogP contribution in [0.2, 0.25) is 0 Å². The molecule has 0 saturated carbocycles. The predicted molar refractivity (Wildman–Crippen MR) is 84.6 cm³/mol. The second-order valence-corrected chi connectivity index (χ2v) is 5.45. The minimum Gasteiger partial charge on any atom is -0.490 e. The molecule has 0 spiro atoms. The number of alkyl halides is 1. The maximum atomic E-state index is 6.12. The smallest absolute Gasteiger partial charge is 0.161 e. The molecule has 1 aliphatic rings. The van der Waals surface area contributed by atoms with Crippen molar-refractivity contribution in [3.05, 3.63) is 24.3 Å². The van der Waals surface area contributed by atoms with Crippen molar-refractivity contribution >= 4 is 11.6 Å². The van der Waals surface area contributed by atoms with E-state index in [-0.39, 0.29) is 5.54 Å². The molecular formula is C16H24ClNO3. The van der Waals surface area contributed by atoms with Crippen molar-refractivity contribution in [3.8, 4) is 11.5 Å². The Balaban J connectivity index is 1.79. The molecule has 0 aliphatic carbocycles. The van der Waals surface area contributed by atoms with Crippen LogP contribution in [0.25, 0.3) is 0 Å². The predicted octanol–water partition coefficient (Wildman–Crippen LogP) is 2.84. The van der Waals surface area contributed by atoms with Crippen LogP contribution >= 0.6 is 11.6 Å². The van der Waals surface area contributed by atoms with Gasteiger partial charge < -0.3 is 19.5 Å². The van der Waals surface area contributed by atoms with Crippen LogP contribution in [0.4, 0.5) is 0 Å². The van der Waals surface area contributed by atoms with Gasteiger partial charge in [0.25, 0.3) is 0 Å². The normalized spacial score (nSPS) is 17.4. The monoisotopic (exact) mass is 313 g/mol. The van der Waals surface area contributed by atoms with Gasteiger partial charge in [-0.1, -0.05) is 12.1 Å². The topological polar surface area (TPSA) is 39.7 Å². The molecule has 0 unspecified atom stereocenters. The van der Waals surface area contributed by atoms with Gasteiger partial charge in [-0.05, 0) is 31.9 Å². The molecular weight excluding hydrogens is 290 g/mol. The highest BCUT2D eigenvalue weighted by atomic mass is 35.5. The first-order chi connectivity index (χ1) is 10.3. The molecule has 21 heavy (non-hydrogen) atoms. The summed E-state index contributed by atoms with van der Waals surface area (Å²) in [6, 6.07) is 7.74. The van der Waals surface area contributed by atoms with Gasteiger partial charge >= 0.3 is 0 Å². The van der Waals surface area contributed by atoms with Crippen LogP contribution in [0.3, 0.4) is 0 Å². The quantitative estimate of drug-likeness (QED) is 0.592. The molecule has 1 aliphatic heterocycles. The lowest BCUT2D eigenvalue weighted by molar-refractivity contribution is 0.0453. The largest absolute Gasteiger partial charge is 0.490 e. The lowest BCUT2D eigenvalue weighted by Gasteiger charge is -2.36. The van der Waals surface area contributed by atoms with Crippen molar-refractivity contribution in [1.29, 1.82) is 0 Å². The zero-order valence-corrected chi connectivity index (χ0v) is 13.3. The number of benzene rings is 1. The van der Waals surface area contributed by atoms with Crippen LogP contribution in [-0.4, -0.2) is 44.4 Å². The summed E-state index contributed by atoms with van der Waals surface area (Å²) in [6.07, 6.45) is 1.90. The van der Waals surface area contributed by atoms with Crippen molar-refractivity contribution in [2.24, 2.45) is 0 Å². The maximum Gasteiger partial charge on any atom is 0.161 e. The Hall–Kier alpha value is -0.970. The molecule has 0 atom stereocenters. The van der Waals surface area contributed by atoms with Gasteiger partial charge in [0.2, 0.25) is 0 Å². The summed E-state index contributed by atoms with van der Waals surface area (Å²) >= 11 is 6.12. The fourth-order valence-corrected chi connectivity index (χ4v) is 2.80. The Kier molecular flexibility index (Phi) is 6.61. The Morgan fingerprint density at radius 1 is 1.19 bits per heavy atom. The molecule has 0 amide bonds. The van der Waals surface area contributed by atoms with Crippen LogP contribution in [0.15, 0.2) is 24.3 Å². The van der Waals surface area contributed by atoms with E-state index in [1.54, 1.807) is 0 Å². The van der Waals surface area contributed by atoms with Crippen LogP contribution in [0, 0.1) is 0 Å². The number of halogens is 1. The summed E-state index contributed by atoms with van der Waals surface area (Å²) in [7, 11) is 0. The zero-order chi connectivity index (χ0) is 15.0. The number of para-hydroxylation sites is 2. The van der Waals surface area contributed by atoms with Gasteiger partial charge in [-0.25, -0.2) is 0 Å². The lowest BCUT2D eigenvalue weighted by Crippen LogP contribution is -2.52. The van der Waals surface area contributed by atoms with Gasteiger partial charge in [0.15, 0.2) is 11.5 Å². The van der Waals surface area contributed by atoms with Crippen LogP contribution < -0.4 is 14.8 Å². The third-order valence-electron chi connectivity index (χ3n) is 3.71. The fraction of sp³-hybridized carbons (Fsp3) is 0.625. The first-order valence-electron chi connectivity index (χ1n) is 7.53. The van der Waals surface area contributed by atoms with Gasteiger partial charge in [-0.2, -0.15) is 0 Å². The van der Waals surface area contributed by atoms with Gasteiger partial charge in [0.1, 0.15) is 6.61 Å². The van der Waals surface area contributed by atoms with Crippen molar-refractivity contribution in [1.82, 2.24) is 5.32 Å². The van der Waals surface area contributed by atoms with E-state index in [2.05, 4.69) is 5.32 Å². The Morgan fingerprint density at radius 2 is 1.86 bits per heavy atom. The van der Waals surface area contributed by atoms with E-state index in [9.17, 15) is 0 Å². The Bertz CT molecular complexity index is 422. The molecule has 0 radical (unpaired) electrons. The third kappa shape index (κ3) is 4.77. The average Bonchev–Trinajstić information content (AvgIpc) is 2.54. The van der Waals surface area contributed by atoms with Crippen molar-refractivity contribution in [2.75, 3.05) is 38.9 Å². The van der Waals surface area contributed by atoms with E-state index in [0.29, 0.717) is 19.1 Å². The Labute approximate surface area is 131 Å². The second-order valence-electron chi connectivity index (χ2n) is 5.18. The average molecular weight is 314 g/mol. The number of hydrogen-bond acceptors (Lipinski definition) is 4. The standard InChI is InChI=1S/C16H24ClNO3/c1-2-20-14-5-3-4-6-15(14)21-12-9-18-16(13-17)7-10-19-11-8-16/h3-6,18H,2,7-13H2,1H3. The zero-order valence-electron chi connectivity index (χ0n) is 12.6. The van der Waals surface area contributed by atoms with Crippen LogP contribution in [-0.2, 0) is 4.74 Å². The Morgan fingerprint density at radius 3 is 2.48 bits per heavy atom. The van der Waals surface area contributed by atoms with E-state index in [1.165, 1.54) is 0 Å². The molecule has 1 N–H and O–H groups in total. The summed E-state index contributed by atoms with van der Waals surface area (Å²) < 4.78 is 16.7. The molecule has 4 nitrogen and oxygen atoms in total. The molecule has 1 fully saturated rings. The van der Waals surface area contributed by atoms with Gasteiger partial charge in [-0.3, -0.25) is 0 Å². The first kappa shape index (κ1) is 16.4. The molecule has 118 valence electrons. The minimum absolute atomic E-state index is 0.0113. The molecule has 1 saturated heterocycles. The highest BCUT2D eigenvalue weighted by Crippen LogP contribution is 2.26. The summed E-state index contributed by atoms with van der Waals surface area (Å²) in [6.45, 7) is 5.49. The van der Waals surface area contributed by atoms with Crippen molar-refractivity contribution < 1.29 is 14.2 Å². The van der Waals surface area contributed by atoms with Gasteiger partial charge in [0, 0.05) is 31.2 Å². The fourth-order valence-electron chi connectivity index (χ4n) is 2.44. The number of ether oxygens (including phenoxy) is 3. The van der Waals surface area contributed by atoms with Gasteiger partial charge in [0.05, 0.1) is 6.61 Å². The van der Waals surface area contributed by atoms with E-state index in [1.807, 2.05) is 31.2 Å². The SMILES string of the molecule is CCOc1ccccc1OCCNC1(CCl)CCOCC1. The van der Waals surface area contributed by atoms with E-state index in [4.69, 9.17) is 25.8 Å². The number of hydrogen-bond donors (Lipinski definition) is 1. The van der Waals surface area contributed by atoms with E-state index < -0.39 is 0 Å². The highest BCUT2D eigenvalue weighted by Gasteiger charge is 2.30. The molecule has 0 bridgehead atoms. The molecule has 1 aromatic carbocycles. The molecule has 5 heteroatoms. The summed E-state index contributed by atoms with van der Waals surface area (Å²) in [4.78, 5) is 0. The molecule has 1 heterocycles. The molecule has 1 aromatic rings. The van der Waals surface area contributed by atoms with Crippen molar-refractivity contribution in [3.63, 3.8) is 0 Å². The number of nitrogens with one attached hydrogen (secondary N) is 1. The second kappa shape index (κ2) is 8.47.